The van der Waals surface area contributed by atoms with E-state index in [2.05, 4.69) is 39.0 Å². The lowest BCUT2D eigenvalue weighted by Crippen LogP contribution is -2.44. The number of pyridine rings is 1. The molecule has 0 amide bonds. The van der Waals surface area contributed by atoms with Crippen LogP contribution in [0.3, 0.4) is 0 Å². The molecule has 3 heterocycles. The molecule has 0 bridgehead atoms. The molecule has 0 aliphatic carbocycles. The first-order valence-corrected chi connectivity index (χ1v) is 10.3. The molecule has 1 aromatic heterocycles. The van der Waals surface area contributed by atoms with Gasteiger partial charge in [-0.15, -0.1) is 0 Å². The van der Waals surface area contributed by atoms with E-state index in [1.54, 1.807) is 14.2 Å². The van der Waals surface area contributed by atoms with Crippen LogP contribution in [0.1, 0.15) is 30.5 Å². The van der Waals surface area contributed by atoms with E-state index in [4.69, 9.17) is 9.47 Å². The molecule has 150 valence electrons. The second kappa shape index (κ2) is 8.50. The first kappa shape index (κ1) is 19.2. The summed E-state index contributed by atoms with van der Waals surface area (Å²) in [4.78, 5) is 9.69. The fraction of sp³-hybridized carbons (Fsp3) is 0.522. The monoisotopic (exact) mass is 381 g/mol. The number of likely N-dealkylation sites (tertiary alicyclic amines) is 2. The fourth-order valence-electron chi connectivity index (χ4n) is 4.98. The number of methoxy groups -OCH3 is 2. The Balaban J connectivity index is 1.41. The van der Waals surface area contributed by atoms with Crippen LogP contribution in [0, 0.1) is 5.41 Å². The molecular weight excluding hydrogens is 350 g/mol. The highest BCUT2D eigenvalue weighted by atomic mass is 16.5. The zero-order chi connectivity index (χ0) is 19.4. The normalized spacial score (nSPS) is 23.2. The lowest BCUT2D eigenvalue weighted by atomic mass is 9.79. The Labute approximate surface area is 168 Å². The molecule has 2 fully saturated rings. The summed E-state index contributed by atoms with van der Waals surface area (Å²) in [6.07, 6.45) is 5.78. The number of hydrogen-bond acceptors (Lipinski definition) is 5. The third kappa shape index (κ3) is 4.15. The van der Waals surface area contributed by atoms with E-state index in [0.717, 1.165) is 37.7 Å². The topological polar surface area (TPSA) is 37.8 Å². The molecule has 28 heavy (non-hydrogen) atoms. The number of rotatable bonds is 6. The molecule has 1 atom stereocenters. The highest BCUT2D eigenvalue weighted by Gasteiger charge is 2.41. The molecule has 0 N–H and O–H groups in total. The van der Waals surface area contributed by atoms with Crippen molar-refractivity contribution in [2.45, 2.75) is 32.4 Å². The summed E-state index contributed by atoms with van der Waals surface area (Å²) < 4.78 is 11.1. The Hall–Kier alpha value is -2.11. The maximum Gasteiger partial charge on any atom is 0.165 e. The molecule has 0 saturated carbocycles. The van der Waals surface area contributed by atoms with Gasteiger partial charge in [0, 0.05) is 37.9 Å². The molecular formula is C23H31N3O2. The molecule has 1 aromatic carbocycles. The number of benzene rings is 1. The highest BCUT2D eigenvalue weighted by molar-refractivity contribution is 5.46. The number of hydrogen-bond donors (Lipinski definition) is 0. The molecule has 2 saturated heterocycles. The van der Waals surface area contributed by atoms with Crippen molar-refractivity contribution in [1.29, 1.82) is 0 Å². The summed E-state index contributed by atoms with van der Waals surface area (Å²) in [5, 5.41) is 0. The van der Waals surface area contributed by atoms with E-state index in [0.29, 0.717) is 5.41 Å². The van der Waals surface area contributed by atoms with Gasteiger partial charge in [0.05, 0.1) is 19.9 Å². The fourth-order valence-corrected chi connectivity index (χ4v) is 4.98. The number of ether oxygens (including phenoxy) is 2. The molecule has 5 nitrogen and oxygen atoms in total. The lowest BCUT2D eigenvalue weighted by Gasteiger charge is -2.40. The Morgan fingerprint density at radius 2 is 1.79 bits per heavy atom. The van der Waals surface area contributed by atoms with E-state index in [1.165, 1.54) is 43.6 Å². The average molecular weight is 382 g/mol. The number of aromatic nitrogens is 1. The summed E-state index contributed by atoms with van der Waals surface area (Å²) in [5.41, 5.74) is 2.80. The van der Waals surface area contributed by atoms with Crippen LogP contribution in [0.5, 0.6) is 11.5 Å². The van der Waals surface area contributed by atoms with Gasteiger partial charge in [0.15, 0.2) is 11.5 Å². The van der Waals surface area contributed by atoms with Gasteiger partial charge < -0.3 is 9.47 Å². The van der Waals surface area contributed by atoms with Crippen molar-refractivity contribution in [2.75, 3.05) is 40.4 Å². The first-order chi connectivity index (χ1) is 13.7. The summed E-state index contributed by atoms with van der Waals surface area (Å²) in [7, 11) is 3.43. The molecule has 2 aliphatic rings. The van der Waals surface area contributed by atoms with Crippen molar-refractivity contribution in [2.24, 2.45) is 5.41 Å². The Bertz CT molecular complexity index is 783. The van der Waals surface area contributed by atoms with Crippen molar-refractivity contribution in [1.82, 2.24) is 14.8 Å². The first-order valence-electron chi connectivity index (χ1n) is 10.3. The third-order valence-electron chi connectivity index (χ3n) is 6.25. The van der Waals surface area contributed by atoms with Gasteiger partial charge in [-0.3, -0.25) is 14.8 Å². The quantitative estimate of drug-likeness (QED) is 0.765. The second-order valence-corrected chi connectivity index (χ2v) is 8.25. The summed E-state index contributed by atoms with van der Waals surface area (Å²) in [6, 6.07) is 12.4. The van der Waals surface area contributed by atoms with Crippen molar-refractivity contribution in [3.05, 3.63) is 53.9 Å². The summed E-state index contributed by atoms with van der Waals surface area (Å²) >= 11 is 0. The van der Waals surface area contributed by atoms with Gasteiger partial charge in [-0.05, 0) is 56.0 Å². The molecule has 2 aliphatic heterocycles. The van der Waals surface area contributed by atoms with Crippen LogP contribution in [0.2, 0.25) is 0 Å². The van der Waals surface area contributed by atoms with Crippen LogP contribution in [-0.4, -0.2) is 55.2 Å². The maximum atomic E-state index is 5.64. The number of para-hydroxylation sites is 1. The van der Waals surface area contributed by atoms with Crippen molar-refractivity contribution >= 4 is 0 Å². The van der Waals surface area contributed by atoms with Gasteiger partial charge in [-0.2, -0.15) is 0 Å². The van der Waals surface area contributed by atoms with Gasteiger partial charge in [-0.25, -0.2) is 0 Å². The van der Waals surface area contributed by atoms with E-state index < -0.39 is 0 Å². The molecule has 0 unspecified atom stereocenters. The van der Waals surface area contributed by atoms with Crippen molar-refractivity contribution < 1.29 is 9.47 Å². The molecule has 0 radical (unpaired) electrons. The van der Waals surface area contributed by atoms with Gasteiger partial charge in [0.25, 0.3) is 0 Å². The second-order valence-electron chi connectivity index (χ2n) is 8.25. The number of piperidine rings is 1. The predicted octanol–water partition coefficient (Wildman–Crippen LogP) is 3.59. The van der Waals surface area contributed by atoms with Gasteiger partial charge in [-0.1, -0.05) is 18.2 Å². The smallest absolute Gasteiger partial charge is 0.165 e. The van der Waals surface area contributed by atoms with Gasteiger partial charge in [0.1, 0.15) is 0 Å². The highest BCUT2D eigenvalue weighted by Crippen LogP contribution is 2.40. The predicted molar refractivity (Wildman–Crippen MR) is 111 cm³/mol. The Morgan fingerprint density at radius 1 is 0.929 bits per heavy atom. The van der Waals surface area contributed by atoms with E-state index >= 15 is 0 Å². The van der Waals surface area contributed by atoms with Crippen LogP contribution >= 0.6 is 0 Å². The SMILES string of the molecule is COc1cccc(CN2CCC[C@@]3(CCN(Cc4ccccn4)C3)C2)c1OC. The van der Waals surface area contributed by atoms with Crippen LogP contribution in [0.15, 0.2) is 42.6 Å². The zero-order valence-electron chi connectivity index (χ0n) is 17.1. The lowest BCUT2D eigenvalue weighted by molar-refractivity contribution is 0.0858. The zero-order valence-corrected chi connectivity index (χ0v) is 17.1. The molecule has 5 heteroatoms. The average Bonchev–Trinajstić information content (AvgIpc) is 3.10. The molecule has 2 aromatic rings. The minimum atomic E-state index is 0.416. The minimum absolute atomic E-state index is 0.416. The van der Waals surface area contributed by atoms with Crippen molar-refractivity contribution in [3.8, 4) is 11.5 Å². The number of nitrogens with zero attached hydrogens (tertiary/aromatic N) is 3. The van der Waals surface area contributed by atoms with Gasteiger partial charge >= 0.3 is 0 Å². The summed E-state index contributed by atoms with van der Waals surface area (Å²) in [6.45, 7) is 6.55. The van der Waals surface area contributed by atoms with E-state index in [-0.39, 0.29) is 0 Å². The van der Waals surface area contributed by atoms with E-state index in [9.17, 15) is 0 Å². The van der Waals surface area contributed by atoms with Crippen LogP contribution in [-0.2, 0) is 13.1 Å². The maximum absolute atomic E-state index is 5.64. The Kier molecular flexibility index (Phi) is 5.83. The summed E-state index contributed by atoms with van der Waals surface area (Å²) in [5.74, 6) is 1.68. The minimum Gasteiger partial charge on any atom is -0.493 e. The standard InChI is InChI=1S/C23H31N3O2/c1-27-21-9-5-7-19(22(21)28-2)15-25-13-6-10-23(17-25)11-14-26(18-23)16-20-8-3-4-12-24-20/h3-5,7-9,12H,6,10-11,13-18H2,1-2H3/t23-/m1/s1. The van der Waals surface area contributed by atoms with Crippen LogP contribution in [0.4, 0.5) is 0 Å². The molecule has 1 spiro atoms. The largest absolute Gasteiger partial charge is 0.493 e. The Morgan fingerprint density at radius 3 is 2.54 bits per heavy atom. The third-order valence-corrected chi connectivity index (χ3v) is 6.25. The van der Waals surface area contributed by atoms with Crippen LogP contribution in [0.25, 0.3) is 0 Å². The van der Waals surface area contributed by atoms with E-state index in [1.807, 2.05) is 18.3 Å². The van der Waals surface area contributed by atoms with Crippen molar-refractivity contribution in [3.63, 3.8) is 0 Å². The molecule has 4 rings (SSSR count). The van der Waals surface area contributed by atoms with Crippen LogP contribution < -0.4 is 9.47 Å². The van der Waals surface area contributed by atoms with Gasteiger partial charge in [0.2, 0.25) is 0 Å².